The lowest BCUT2D eigenvalue weighted by atomic mass is 10.1. The number of anilines is 1. The highest BCUT2D eigenvalue weighted by molar-refractivity contribution is 7.89. The van der Waals surface area contributed by atoms with Gasteiger partial charge in [0.05, 0.1) is 37.0 Å². The molecule has 1 N–H and O–H groups in total. The molecule has 9 nitrogen and oxygen atoms in total. The number of nitrogens with zero attached hydrogens (tertiary/aromatic N) is 3. The summed E-state index contributed by atoms with van der Waals surface area (Å²) in [6, 6.07) is 9.00. The smallest absolute Gasteiger partial charge is 0.209 e. The normalized spacial score (nSPS) is 17.8. The van der Waals surface area contributed by atoms with Gasteiger partial charge < -0.3 is 9.64 Å². The molecule has 2 aromatic rings. The molecular weight excluding hydrogens is 428 g/mol. The summed E-state index contributed by atoms with van der Waals surface area (Å²) in [5.74, 6) is 0.912. The van der Waals surface area contributed by atoms with Gasteiger partial charge in [-0.3, -0.25) is 0 Å². The summed E-state index contributed by atoms with van der Waals surface area (Å²) in [5.41, 5.74) is 1.94. The maximum Gasteiger partial charge on any atom is 0.209 e. The van der Waals surface area contributed by atoms with Crippen LogP contribution in [0.3, 0.4) is 0 Å². The lowest BCUT2D eigenvalue weighted by Crippen LogP contribution is -2.44. The van der Waals surface area contributed by atoms with Gasteiger partial charge in [0.2, 0.25) is 10.0 Å². The van der Waals surface area contributed by atoms with Crippen molar-refractivity contribution in [3.05, 3.63) is 41.6 Å². The van der Waals surface area contributed by atoms with Gasteiger partial charge in [-0.2, -0.15) is 0 Å². The molecule has 1 aliphatic rings. The lowest BCUT2D eigenvalue weighted by Gasteiger charge is -2.34. The molecule has 1 fully saturated rings. The Kier molecular flexibility index (Phi) is 6.75. The molecule has 1 atom stereocenters. The second kappa shape index (κ2) is 8.96. The van der Waals surface area contributed by atoms with Gasteiger partial charge in [0.15, 0.2) is 15.7 Å². The molecule has 11 heteroatoms. The molecule has 3 rings (SSSR count). The molecule has 1 aromatic heterocycles. The van der Waals surface area contributed by atoms with Crippen molar-refractivity contribution in [3.8, 4) is 11.4 Å². The number of hydrogen-bond acceptors (Lipinski definition) is 8. The molecule has 0 amide bonds. The minimum Gasteiger partial charge on any atom is -0.377 e. The van der Waals surface area contributed by atoms with Crippen molar-refractivity contribution in [2.75, 3.05) is 37.2 Å². The van der Waals surface area contributed by atoms with E-state index < -0.39 is 19.9 Å². The third-order valence-corrected chi connectivity index (χ3v) is 6.08. The minimum absolute atomic E-state index is 0.108. The second-order valence-electron chi connectivity index (χ2n) is 7.52. The van der Waals surface area contributed by atoms with E-state index in [0.717, 1.165) is 17.4 Å². The number of ether oxygens (including phenoxy) is 1. The molecule has 0 aliphatic carbocycles. The zero-order chi connectivity index (χ0) is 21.9. The first-order valence-corrected chi connectivity index (χ1v) is 13.4. The van der Waals surface area contributed by atoms with Gasteiger partial charge >= 0.3 is 0 Å². The van der Waals surface area contributed by atoms with Crippen molar-refractivity contribution in [3.63, 3.8) is 0 Å². The average Bonchev–Trinajstić information content (AvgIpc) is 2.65. The van der Waals surface area contributed by atoms with Gasteiger partial charge in [0, 0.05) is 31.0 Å². The van der Waals surface area contributed by atoms with E-state index in [1.165, 1.54) is 6.26 Å². The predicted molar refractivity (Wildman–Crippen MR) is 115 cm³/mol. The van der Waals surface area contributed by atoms with Gasteiger partial charge in [-0.25, -0.2) is 31.5 Å². The van der Waals surface area contributed by atoms with Crippen LogP contribution in [0.15, 0.2) is 30.3 Å². The number of hydrogen-bond donors (Lipinski definition) is 1. The standard InChI is InChI=1S/C19H26N4O5S2/c1-14-12-28-9-8-23(14)18-10-17(13-29(2,24)25)21-19(22-18)16-6-4-15(5-7-16)11-20-30(3,26)27/h4-7,10,14,20H,8-9,11-13H2,1-3H3/t14-/m0/s1. The fourth-order valence-electron chi connectivity index (χ4n) is 3.16. The number of morpholine rings is 1. The van der Waals surface area contributed by atoms with Gasteiger partial charge in [0.25, 0.3) is 0 Å². The summed E-state index contributed by atoms with van der Waals surface area (Å²) in [6.07, 6.45) is 2.28. The van der Waals surface area contributed by atoms with E-state index in [9.17, 15) is 16.8 Å². The van der Waals surface area contributed by atoms with E-state index >= 15 is 0 Å². The topological polar surface area (TPSA) is 119 Å². The van der Waals surface area contributed by atoms with Crippen molar-refractivity contribution < 1.29 is 21.6 Å². The van der Waals surface area contributed by atoms with Crippen LogP contribution in [-0.2, 0) is 36.9 Å². The number of benzene rings is 1. The summed E-state index contributed by atoms with van der Waals surface area (Å²) < 4.78 is 54.2. The lowest BCUT2D eigenvalue weighted by molar-refractivity contribution is 0.0985. The second-order valence-corrected chi connectivity index (χ2v) is 11.5. The molecule has 0 unspecified atom stereocenters. The highest BCUT2D eigenvalue weighted by atomic mass is 32.2. The van der Waals surface area contributed by atoms with Crippen LogP contribution >= 0.6 is 0 Å². The molecule has 0 radical (unpaired) electrons. The zero-order valence-corrected chi connectivity index (χ0v) is 18.8. The number of aromatic nitrogens is 2. The third-order valence-electron chi connectivity index (χ3n) is 4.59. The van der Waals surface area contributed by atoms with Crippen LogP contribution in [0.25, 0.3) is 11.4 Å². The maximum absolute atomic E-state index is 11.8. The van der Waals surface area contributed by atoms with Crippen LogP contribution in [0.2, 0.25) is 0 Å². The number of sulfonamides is 1. The van der Waals surface area contributed by atoms with Crippen molar-refractivity contribution in [1.82, 2.24) is 14.7 Å². The minimum atomic E-state index is -3.28. The Hall–Kier alpha value is -2.08. The van der Waals surface area contributed by atoms with Gasteiger partial charge in [0.1, 0.15) is 5.82 Å². The van der Waals surface area contributed by atoms with Crippen LogP contribution in [0.5, 0.6) is 0 Å². The van der Waals surface area contributed by atoms with E-state index in [1.54, 1.807) is 30.3 Å². The first-order valence-electron chi connectivity index (χ1n) is 9.44. The van der Waals surface area contributed by atoms with Crippen molar-refractivity contribution in [2.24, 2.45) is 0 Å². The Balaban J connectivity index is 1.94. The molecule has 1 aliphatic heterocycles. The fourth-order valence-corrected chi connectivity index (χ4v) is 4.27. The Bertz CT molecular complexity index is 1100. The van der Waals surface area contributed by atoms with E-state index in [2.05, 4.69) is 19.6 Å². The van der Waals surface area contributed by atoms with Crippen molar-refractivity contribution >= 4 is 25.7 Å². The molecule has 1 aromatic carbocycles. The summed E-state index contributed by atoms with van der Waals surface area (Å²) in [6.45, 7) is 4.02. The van der Waals surface area contributed by atoms with E-state index in [1.807, 2.05) is 6.92 Å². The third kappa shape index (κ3) is 6.46. The van der Waals surface area contributed by atoms with Crippen LogP contribution in [-0.4, -0.2) is 65.1 Å². The Morgan fingerprint density at radius 1 is 1.13 bits per heavy atom. The summed E-state index contributed by atoms with van der Waals surface area (Å²) in [5, 5.41) is 0. The SMILES string of the molecule is C[C@H]1COCCN1c1cc(CS(C)(=O)=O)nc(-c2ccc(CNS(C)(=O)=O)cc2)n1. The van der Waals surface area contributed by atoms with Crippen LogP contribution in [0, 0.1) is 0 Å². The highest BCUT2D eigenvalue weighted by Gasteiger charge is 2.22. The molecule has 2 heterocycles. The van der Waals surface area contributed by atoms with E-state index in [4.69, 9.17) is 4.74 Å². The summed E-state index contributed by atoms with van der Waals surface area (Å²) in [4.78, 5) is 11.2. The number of rotatable bonds is 7. The van der Waals surface area contributed by atoms with Crippen LogP contribution in [0.4, 0.5) is 5.82 Å². The number of sulfone groups is 1. The molecule has 0 bridgehead atoms. The highest BCUT2D eigenvalue weighted by Crippen LogP contribution is 2.24. The zero-order valence-electron chi connectivity index (χ0n) is 17.2. The molecule has 164 valence electrons. The van der Waals surface area contributed by atoms with Crippen LogP contribution in [0.1, 0.15) is 18.2 Å². The van der Waals surface area contributed by atoms with E-state index in [0.29, 0.717) is 37.1 Å². The molecule has 30 heavy (non-hydrogen) atoms. The first kappa shape index (κ1) is 22.6. The molecule has 0 saturated carbocycles. The average molecular weight is 455 g/mol. The predicted octanol–water partition coefficient (Wildman–Crippen LogP) is 0.963. The first-order chi connectivity index (χ1) is 14.0. The van der Waals surface area contributed by atoms with Crippen LogP contribution < -0.4 is 9.62 Å². The Labute approximate surface area is 177 Å². The maximum atomic E-state index is 11.8. The quantitative estimate of drug-likeness (QED) is 0.657. The summed E-state index contributed by atoms with van der Waals surface area (Å²) in [7, 11) is -6.54. The van der Waals surface area contributed by atoms with Gasteiger partial charge in [-0.1, -0.05) is 24.3 Å². The molecule has 1 saturated heterocycles. The Morgan fingerprint density at radius 2 is 1.83 bits per heavy atom. The fraction of sp³-hybridized carbons (Fsp3) is 0.474. The largest absolute Gasteiger partial charge is 0.377 e. The number of nitrogens with one attached hydrogen (secondary N) is 1. The van der Waals surface area contributed by atoms with Gasteiger partial charge in [-0.05, 0) is 12.5 Å². The molecular formula is C19H26N4O5S2. The monoisotopic (exact) mass is 454 g/mol. The van der Waals surface area contributed by atoms with E-state index in [-0.39, 0.29) is 18.3 Å². The van der Waals surface area contributed by atoms with Crippen molar-refractivity contribution in [1.29, 1.82) is 0 Å². The van der Waals surface area contributed by atoms with Crippen molar-refractivity contribution in [2.45, 2.75) is 25.3 Å². The van der Waals surface area contributed by atoms with Gasteiger partial charge in [-0.15, -0.1) is 0 Å². The molecule has 0 spiro atoms. The Morgan fingerprint density at radius 3 is 2.43 bits per heavy atom. The summed E-state index contributed by atoms with van der Waals surface area (Å²) >= 11 is 0.